The number of furan rings is 1. The Morgan fingerprint density at radius 2 is 1.88 bits per heavy atom. The summed E-state index contributed by atoms with van der Waals surface area (Å²) in [6, 6.07) is 6.77. The molecule has 0 aliphatic heterocycles. The average Bonchev–Trinajstić information content (AvgIpc) is 2.72. The molecule has 0 aliphatic rings. The van der Waals surface area contributed by atoms with Crippen LogP contribution in [0.25, 0.3) is 11.0 Å². The summed E-state index contributed by atoms with van der Waals surface area (Å²) in [7, 11) is 0. The van der Waals surface area contributed by atoms with E-state index in [-0.39, 0.29) is 12.1 Å². The zero-order valence-electron chi connectivity index (χ0n) is 9.84. The van der Waals surface area contributed by atoms with Gasteiger partial charge in [0, 0.05) is 17.3 Å². The van der Waals surface area contributed by atoms with Gasteiger partial charge in [0.25, 0.3) is 5.92 Å². The second-order valence-corrected chi connectivity index (χ2v) is 4.81. The van der Waals surface area contributed by atoms with Crippen molar-refractivity contribution in [3.63, 3.8) is 0 Å². The number of nitrogens with two attached hydrogens (primary N) is 1. The lowest BCUT2D eigenvalue weighted by Gasteiger charge is -2.32. The summed E-state index contributed by atoms with van der Waals surface area (Å²) in [5.74, 6) is -3.02. The van der Waals surface area contributed by atoms with Crippen molar-refractivity contribution < 1.29 is 13.2 Å². The molecule has 2 N–H and O–H groups in total. The second-order valence-electron chi connectivity index (χ2n) is 4.81. The van der Waals surface area contributed by atoms with E-state index in [1.165, 1.54) is 13.8 Å². The van der Waals surface area contributed by atoms with E-state index in [9.17, 15) is 8.78 Å². The maximum absolute atomic E-state index is 14.4. The first-order valence-corrected chi connectivity index (χ1v) is 5.45. The predicted octanol–water partition coefficient (Wildman–Crippen LogP) is 3.51. The minimum atomic E-state index is -3.02. The van der Waals surface area contributed by atoms with Gasteiger partial charge in [-0.25, -0.2) is 8.78 Å². The van der Waals surface area contributed by atoms with Gasteiger partial charge in [-0.05, 0) is 6.07 Å². The summed E-state index contributed by atoms with van der Waals surface area (Å²) in [5.41, 5.74) is 4.50. The van der Waals surface area contributed by atoms with Crippen molar-refractivity contribution >= 4 is 11.0 Å². The van der Waals surface area contributed by atoms with Crippen LogP contribution in [-0.2, 0) is 5.92 Å². The first kappa shape index (κ1) is 12.0. The van der Waals surface area contributed by atoms with Gasteiger partial charge in [-0.2, -0.15) is 0 Å². The molecule has 2 aromatic rings. The summed E-state index contributed by atoms with van der Waals surface area (Å²) >= 11 is 0. The number of alkyl halides is 2. The van der Waals surface area contributed by atoms with Crippen molar-refractivity contribution in [2.75, 3.05) is 6.54 Å². The molecule has 0 aliphatic carbocycles. The normalized spacial score (nSPS) is 13.2. The highest BCUT2D eigenvalue weighted by Crippen LogP contribution is 2.46. The lowest BCUT2D eigenvalue weighted by Crippen LogP contribution is -2.40. The molecule has 1 heterocycles. The van der Waals surface area contributed by atoms with E-state index in [2.05, 4.69) is 0 Å². The van der Waals surface area contributed by atoms with Crippen LogP contribution in [0.2, 0.25) is 0 Å². The Bertz CT molecular complexity index is 531. The molecular formula is C13H15F2NO. The first-order chi connectivity index (χ1) is 7.90. The van der Waals surface area contributed by atoms with Crippen LogP contribution in [0.1, 0.15) is 19.4 Å². The number of hydrogen-bond donors (Lipinski definition) is 1. The predicted molar refractivity (Wildman–Crippen MR) is 62.9 cm³/mol. The maximum Gasteiger partial charge on any atom is 0.283 e. The fraction of sp³-hybridized carbons (Fsp3) is 0.385. The fourth-order valence-electron chi connectivity index (χ4n) is 1.71. The molecule has 2 nitrogen and oxygen atoms in total. The van der Waals surface area contributed by atoms with E-state index in [1.807, 2.05) is 0 Å². The number of benzene rings is 1. The van der Waals surface area contributed by atoms with Gasteiger partial charge in [0.15, 0.2) is 0 Å². The van der Waals surface area contributed by atoms with Gasteiger partial charge in [-0.3, -0.25) is 0 Å². The number of para-hydroxylation sites is 1. The smallest absolute Gasteiger partial charge is 0.283 e. The molecular weight excluding hydrogens is 224 g/mol. The van der Waals surface area contributed by atoms with Gasteiger partial charge in [0.2, 0.25) is 0 Å². The van der Waals surface area contributed by atoms with Crippen molar-refractivity contribution in [3.8, 4) is 0 Å². The Kier molecular flexibility index (Phi) is 2.70. The van der Waals surface area contributed by atoms with E-state index < -0.39 is 11.3 Å². The standard InChI is InChI=1S/C13H15F2NO/c1-12(2,8-16)13(14,15)10-7-17-11-6-4-3-5-9(10)11/h3-7H,8,16H2,1-2H3. The monoisotopic (exact) mass is 239 g/mol. The van der Waals surface area contributed by atoms with Crippen molar-refractivity contribution in [3.05, 3.63) is 36.1 Å². The van der Waals surface area contributed by atoms with E-state index >= 15 is 0 Å². The minimum absolute atomic E-state index is 0.0939. The van der Waals surface area contributed by atoms with E-state index in [0.717, 1.165) is 6.26 Å². The van der Waals surface area contributed by atoms with Gasteiger partial charge < -0.3 is 10.2 Å². The molecule has 17 heavy (non-hydrogen) atoms. The molecule has 0 unspecified atom stereocenters. The van der Waals surface area contributed by atoms with Crippen LogP contribution in [0.4, 0.5) is 8.78 Å². The van der Waals surface area contributed by atoms with Crippen LogP contribution in [0.3, 0.4) is 0 Å². The van der Waals surface area contributed by atoms with Crippen LogP contribution in [0, 0.1) is 5.41 Å². The van der Waals surface area contributed by atoms with Gasteiger partial charge in [-0.15, -0.1) is 0 Å². The highest BCUT2D eigenvalue weighted by Gasteiger charge is 2.48. The largest absolute Gasteiger partial charge is 0.464 e. The Labute approximate surface area is 98.4 Å². The van der Waals surface area contributed by atoms with E-state index in [4.69, 9.17) is 10.2 Å². The van der Waals surface area contributed by atoms with Gasteiger partial charge in [0.05, 0.1) is 5.56 Å². The molecule has 0 saturated carbocycles. The van der Waals surface area contributed by atoms with Crippen molar-refractivity contribution in [2.24, 2.45) is 11.1 Å². The van der Waals surface area contributed by atoms with E-state index in [0.29, 0.717) is 11.0 Å². The van der Waals surface area contributed by atoms with Crippen LogP contribution >= 0.6 is 0 Å². The third-order valence-corrected chi connectivity index (χ3v) is 3.18. The minimum Gasteiger partial charge on any atom is -0.464 e. The third-order valence-electron chi connectivity index (χ3n) is 3.18. The Hall–Kier alpha value is -1.42. The molecule has 0 fully saturated rings. The zero-order valence-corrected chi connectivity index (χ0v) is 9.84. The Balaban J connectivity index is 2.60. The summed E-state index contributed by atoms with van der Waals surface area (Å²) in [4.78, 5) is 0. The van der Waals surface area contributed by atoms with Crippen LogP contribution in [0.15, 0.2) is 34.9 Å². The lowest BCUT2D eigenvalue weighted by molar-refractivity contribution is -0.108. The average molecular weight is 239 g/mol. The van der Waals surface area contributed by atoms with Crippen LogP contribution < -0.4 is 5.73 Å². The molecule has 2 rings (SSSR count). The van der Waals surface area contributed by atoms with Crippen molar-refractivity contribution in [2.45, 2.75) is 19.8 Å². The quantitative estimate of drug-likeness (QED) is 0.890. The van der Waals surface area contributed by atoms with Crippen LogP contribution in [-0.4, -0.2) is 6.54 Å². The summed E-state index contributed by atoms with van der Waals surface area (Å²) in [6.07, 6.45) is 1.13. The second kappa shape index (κ2) is 3.81. The van der Waals surface area contributed by atoms with E-state index in [1.54, 1.807) is 24.3 Å². The Morgan fingerprint density at radius 3 is 2.53 bits per heavy atom. The topological polar surface area (TPSA) is 39.2 Å². The van der Waals surface area contributed by atoms with Gasteiger partial charge in [-0.1, -0.05) is 32.0 Å². The molecule has 0 atom stereocenters. The SMILES string of the molecule is CC(C)(CN)C(F)(F)c1coc2ccccc12. The molecule has 92 valence electrons. The number of halogens is 2. The highest BCUT2D eigenvalue weighted by molar-refractivity contribution is 5.81. The number of fused-ring (bicyclic) bond motifs is 1. The molecule has 0 radical (unpaired) electrons. The summed E-state index contributed by atoms with van der Waals surface area (Å²) < 4.78 is 33.9. The molecule has 4 heteroatoms. The molecule has 1 aromatic heterocycles. The Morgan fingerprint density at radius 1 is 1.24 bits per heavy atom. The maximum atomic E-state index is 14.4. The summed E-state index contributed by atoms with van der Waals surface area (Å²) in [6.45, 7) is 2.81. The van der Waals surface area contributed by atoms with Gasteiger partial charge in [0.1, 0.15) is 11.8 Å². The zero-order chi connectivity index (χ0) is 12.7. The molecule has 0 saturated heterocycles. The lowest BCUT2D eigenvalue weighted by atomic mass is 9.81. The van der Waals surface area contributed by atoms with Crippen LogP contribution in [0.5, 0.6) is 0 Å². The third kappa shape index (κ3) is 1.72. The van der Waals surface area contributed by atoms with Gasteiger partial charge >= 0.3 is 0 Å². The summed E-state index contributed by atoms with van der Waals surface area (Å²) in [5, 5.41) is 0.444. The van der Waals surface area contributed by atoms with Crippen molar-refractivity contribution in [1.29, 1.82) is 0 Å². The molecule has 0 spiro atoms. The first-order valence-electron chi connectivity index (χ1n) is 5.45. The van der Waals surface area contributed by atoms with Crippen molar-refractivity contribution in [1.82, 2.24) is 0 Å². The number of rotatable bonds is 3. The molecule has 0 amide bonds. The molecule has 0 bridgehead atoms. The fourth-order valence-corrected chi connectivity index (χ4v) is 1.71. The molecule has 1 aromatic carbocycles. The number of hydrogen-bond acceptors (Lipinski definition) is 2. The highest BCUT2D eigenvalue weighted by atomic mass is 19.3.